The average Bonchev–Trinajstić information content (AvgIpc) is 2.77. The topological polar surface area (TPSA) is 76.2 Å². The third kappa shape index (κ3) is 4.41. The Morgan fingerprint density at radius 1 is 1.30 bits per heavy atom. The number of nitrogens with one attached hydrogen (secondary N) is 1. The van der Waals surface area contributed by atoms with Crippen molar-refractivity contribution in [3.05, 3.63) is 39.9 Å². The Hall–Kier alpha value is -1.22. The lowest BCUT2D eigenvalue weighted by atomic mass is 10.1. The fourth-order valence-corrected chi connectivity index (χ4v) is 2.12. The zero-order valence-electron chi connectivity index (χ0n) is 11.7. The molecule has 3 N–H and O–H groups in total. The van der Waals surface area contributed by atoms with E-state index in [4.69, 9.17) is 5.73 Å². The maximum Gasteiger partial charge on any atom is 0.193 e. The first-order valence-corrected chi connectivity index (χ1v) is 6.75. The lowest BCUT2D eigenvalue weighted by Gasteiger charge is -2.07. The molecule has 2 rings (SSSR count). The van der Waals surface area contributed by atoms with Crippen LogP contribution in [-0.2, 0) is 6.54 Å². The van der Waals surface area contributed by atoms with Crippen LogP contribution in [0, 0.1) is 20.8 Å². The van der Waals surface area contributed by atoms with Gasteiger partial charge in [-0.05, 0) is 55.6 Å². The first-order chi connectivity index (χ1) is 9.06. The van der Waals surface area contributed by atoms with Crippen LogP contribution in [0.5, 0.6) is 0 Å². The Morgan fingerprint density at radius 3 is 2.65 bits per heavy atom. The third-order valence-corrected chi connectivity index (χ3v) is 3.73. The van der Waals surface area contributed by atoms with Gasteiger partial charge < -0.3 is 11.1 Å². The van der Waals surface area contributed by atoms with Crippen LogP contribution in [0.3, 0.4) is 0 Å². The summed E-state index contributed by atoms with van der Waals surface area (Å²) in [6, 6.07) is 6.10. The molecule has 20 heavy (non-hydrogen) atoms. The average molecular weight is 403 g/mol. The molecule has 0 saturated carbocycles. The van der Waals surface area contributed by atoms with E-state index in [2.05, 4.69) is 45.9 Å². The summed E-state index contributed by atoms with van der Waals surface area (Å²) >= 11 is 1.35. The molecule has 7 heteroatoms. The lowest BCUT2D eigenvalue weighted by Crippen LogP contribution is -2.22. The molecule has 108 valence electrons. The summed E-state index contributed by atoms with van der Waals surface area (Å²) in [5, 5.41) is 7.02. The van der Waals surface area contributed by atoms with Crippen LogP contribution in [0.4, 0.5) is 5.69 Å². The summed E-state index contributed by atoms with van der Waals surface area (Å²) in [5.41, 5.74) is 10.2. The van der Waals surface area contributed by atoms with Gasteiger partial charge in [0.15, 0.2) is 5.96 Å². The normalized spacial score (nSPS) is 11.1. The Balaban J connectivity index is 0.00000200. The Bertz CT molecular complexity index is 609. The highest BCUT2D eigenvalue weighted by Gasteiger charge is 2.02. The maximum absolute atomic E-state index is 5.86. The molecule has 0 aliphatic rings. The van der Waals surface area contributed by atoms with Crippen LogP contribution in [0.2, 0.25) is 0 Å². The van der Waals surface area contributed by atoms with Gasteiger partial charge in [0.25, 0.3) is 0 Å². The maximum atomic E-state index is 5.86. The van der Waals surface area contributed by atoms with Gasteiger partial charge in [0.2, 0.25) is 0 Å². The van der Waals surface area contributed by atoms with E-state index in [1.165, 1.54) is 22.7 Å². The van der Waals surface area contributed by atoms with E-state index >= 15 is 0 Å². The van der Waals surface area contributed by atoms with Gasteiger partial charge in [0, 0.05) is 5.69 Å². The molecule has 1 aromatic carbocycles. The molecule has 1 aromatic heterocycles. The number of halogens is 1. The summed E-state index contributed by atoms with van der Waals surface area (Å²) in [5.74, 6) is 0.399. The zero-order chi connectivity index (χ0) is 13.8. The molecular weight excluding hydrogens is 385 g/mol. The zero-order valence-corrected chi connectivity index (χ0v) is 14.8. The Morgan fingerprint density at radius 2 is 2.05 bits per heavy atom. The fourth-order valence-electron chi connectivity index (χ4n) is 1.56. The number of hydrogen-bond donors (Lipinski definition) is 2. The van der Waals surface area contributed by atoms with Crippen molar-refractivity contribution in [2.45, 2.75) is 27.3 Å². The summed E-state index contributed by atoms with van der Waals surface area (Å²) in [7, 11) is 0. The van der Waals surface area contributed by atoms with Crippen LogP contribution >= 0.6 is 35.5 Å². The highest BCUT2D eigenvalue weighted by Crippen LogP contribution is 2.14. The minimum atomic E-state index is 0. The highest BCUT2D eigenvalue weighted by atomic mass is 127. The number of aromatic nitrogens is 2. The number of benzene rings is 1. The monoisotopic (exact) mass is 403 g/mol. The first-order valence-electron chi connectivity index (χ1n) is 5.98. The molecule has 0 bridgehead atoms. The Kier molecular flexibility index (Phi) is 6.34. The molecule has 0 atom stereocenters. The van der Waals surface area contributed by atoms with Crippen molar-refractivity contribution in [1.82, 2.24) is 9.59 Å². The minimum Gasteiger partial charge on any atom is -0.370 e. The highest BCUT2D eigenvalue weighted by molar-refractivity contribution is 14.0. The number of aryl methyl sites for hydroxylation is 3. The van der Waals surface area contributed by atoms with E-state index in [1.54, 1.807) is 0 Å². The van der Waals surface area contributed by atoms with Gasteiger partial charge in [-0.2, -0.15) is 0 Å². The van der Waals surface area contributed by atoms with E-state index in [9.17, 15) is 0 Å². The van der Waals surface area contributed by atoms with Gasteiger partial charge in [-0.3, -0.25) is 0 Å². The Labute approximate surface area is 139 Å². The summed E-state index contributed by atoms with van der Waals surface area (Å²) in [6.07, 6.45) is 0. The van der Waals surface area contributed by atoms with Crippen LogP contribution < -0.4 is 11.1 Å². The van der Waals surface area contributed by atoms with Crippen molar-refractivity contribution in [3.8, 4) is 0 Å². The van der Waals surface area contributed by atoms with Gasteiger partial charge in [-0.1, -0.05) is 10.6 Å². The number of nitrogens with two attached hydrogens (primary N) is 1. The molecule has 0 fully saturated rings. The molecule has 0 spiro atoms. The molecule has 0 radical (unpaired) electrons. The van der Waals surface area contributed by atoms with Crippen LogP contribution in [-0.4, -0.2) is 15.5 Å². The minimum absolute atomic E-state index is 0. The quantitative estimate of drug-likeness (QED) is 0.469. The second-order valence-electron chi connectivity index (χ2n) is 4.41. The SMILES string of the molecule is Cc1ccc(NC(N)=NCc2snnc2C)cc1C.I. The van der Waals surface area contributed by atoms with Crippen LogP contribution in [0.25, 0.3) is 0 Å². The number of nitrogens with zero attached hydrogens (tertiary/aromatic N) is 3. The van der Waals surface area contributed by atoms with E-state index in [-0.39, 0.29) is 24.0 Å². The van der Waals surface area contributed by atoms with Gasteiger partial charge in [0.1, 0.15) is 0 Å². The molecule has 1 heterocycles. The molecule has 0 aliphatic carbocycles. The van der Waals surface area contributed by atoms with Crippen molar-refractivity contribution in [3.63, 3.8) is 0 Å². The number of aliphatic imine (C=N–C) groups is 1. The van der Waals surface area contributed by atoms with E-state index in [0.717, 1.165) is 16.3 Å². The van der Waals surface area contributed by atoms with Crippen LogP contribution in [0.15, 0.2) is 23.2 Å². The van der Waals surface area contributed by atoms with Gasteiger partial charge in [-0.15, -0.1) is 29.1 Å². The predicted molar refractivity (Wildman–Crippen MR) is 94.9 cm³/mol. The molecule has 0 aliphatic heterocycles. The number of anilines is 1. The summed E-state index contributed by atoms with van der Waals surface area (Å²) < 4.78 is 3.87. The predicted octanol–water partition coefficient (Wildman–Crippen LogP) is 3.01. The van der Waals surface area contributed by atoms with Crippen molar-refractivity contribution < 1.29 is 0 Å². The van der Waals surface area contributed by atoms with Crippen molar-refractivity contribution in [1.29, 1.82) is 0 Å². The van der Waals surface area contributed by atoms with Crippen molar-refractivity contribution in [2.75, 3.05) is 5.32 Å². The molecule has 0 saturated heterocycles. The molecule has 5 nitrogen and oxygen atoms in total. The molecule has 2 aromatic rings. The largest absolute Gasteiger partial charge is 0.370 e. The number of rotatable bonds is 3. The second-order valence-corrected chi connectivity index (χ2v) is 5.25. The second kappa shape index (κ2) is 7.53. The fraction of sp³-hybridized carbons (Fsp3) is 0.308. The summed E-state index contributed by atoms with van der Waals surface area (Å²) in [4.78, 5) is 5.32. The first kappa shape index (κ1) is 16.8. The number of hydrogen-bond acceptors (Lipinski definition) is 4. The lowest BCUT2D eigenvalue weighted by molar-refractivity contribution is 1.02. The van der Waals surface area contributed by atoms with Crippen molar-refractivity contribution >= 4 is 47.2 Å². The number of guanidine groups is 1. The summed E-state index contributed by atoms with van der Waals surface area (Å²) in [6.45, 7) is 6.57. The van der Waals surface area contributed by atoms with Crippen molar-refractivity contribution in [2.24, 2.45) is 10.7 Å². The van der Waals surface area contributed by atoms with E-state index in [0.29, 0.717) is 12.5 Å². The molecule has 0 unspecified atom stereocenters. The van der Waals surface area contributed by atoms with Gasteiger partial charge >= 0.3 is 0 Å². The van der Waals surface area contributed by atoms with Gasteiger partial charge in [-0.25, -0.2) is 4.99 Å². The molecular formula is C13H18IN5S. The smallest absolute Gasteiger partial charge is 0.193 e. The van der Waals surface area contributed by atoms with E-state index < -0.39 is 0 Å². The van der Waals surface area contributed by atoms with Gasteiger partial charge in [0.05, 0.1) is 17.1 Å². The van der Waals surface area contributed by atoms with E-state index in [1.807, 2.05) is 13.0 Å². The molecule has 0 amide bonds. The van der Waals surface area contributed by atoms with Crippen LogP contribution in [0.1, 0.15) is 21.7 Å². The third-order valence-electron chi connectivity index (χ3n) is 2.92. The standard InChI is InChI=1S/C13H17N5S.HI/c1-8-4-5-11(6-9(8)2)16-13(14)15-7-12-10(3)17-18-19-12;/h4-6H,7H2,1-3H3,(H3,14,15,16);1H.